The van der Waals surface area contributed by atoms with E-state index in [0.29, 0.717) is 36.8 Å². The van der Waals surface area contributed by atoms with Gasteiger partial charge < -0.3 is 19.6 Å². The van der Waals surface area contributed by atoms with Gasteiger partial charge in [-0.1, -0.05) is 0 Å². The Morgan fingerprint density at radius 2 is 2.39 bits per heavy atom. The highest BCUT2D eigenvalue weighted by molar-refractivity contribution is 5.99. The van der Waals surface area contributed by atoms with Gasteiger partial charge in [0.2, 0.25) is 0 Å². The fourth-order valence-electron chi connectivity index (χ4n) is 1.91. The van der Waals surface area contributed by atoms with Crippen LogP contribution in [-0.2, 0) is 9.47 Å². The highest BCUT2D eigenvalue weighted by Gasteiger charge is 2.22. The van der Waals surface area contributed by atoms with Crippen LogP contribution in [0.5, 0.6) is 0 Å². The van der Waals surface area contributed by atoms with Crippen LogP contribution in [0.1, 0.15) is 22.3 Å². The van der Waals surface area contributed by atoms with Gasteiger partial charge in [-0.15, -0.1) is 0 Å². The van der Waals surface area contributed by atoms with Crippen molar-refractivity contribution in [2.24, 2.45) is 0 Å². The molecule has 94 valence electrons. The molecule has 0 spiro atoms. The number of hydrogen-bond acceptors (Lipinski definition) is 5. The predicted octanol–water partition coefficient (Wildman–Crippen LogP) is 0.744. The number of aromatic nitrogens is 3. The lowest BCUT2D eigenvalue weighted by Crippen LogP contribution is -2.22. The molecule has 2 N–H and O–H groups in total. The molecular formula is C11H11N3O4. The van der Waals surface area contributed by atoms with Crippen LogP contribution in [0.2, 0.25) is 0 Å². The summed E-state index contributed by atoms with van der Waals surface area (Å²) in [4.78, 5) is 22.3. The first-order valence-corrected chi connectivity index (χ1v) is 5.53. The molecule has 7 nitrogen and oxygen atoms in total. The number of aromatic carboxylic acids is 1. The van der Waals surface area contributed by atoms with Crippen molar-refractivity contribution in [1.82, 2.24) is 15.0 Å². The number of nitrogens with one attached hydrogen (secondary N) is 1. The van der Waals surface area contributed by atoms with Crippen LogP contribution in [0.25, 0.3) is 11.2 Å². The third kappa shape index (κ3) is 1.83. The summed E-state index contributed by atoms with van der Waals surface area (Å²) in [5.74, 6) is -0.468. The Kier molecular flexibility index (Phi) is 2.69. The van der Waals surface area contributed by atoms with Crippen molar-refractivity contribution in [2.45, 2.75) is 6.10 Å². The molecule has 0 saturated carbocycles. The van der Waals surface area contributed by atoms with Gasteiger partial charge in [-0.2, -0.15) is 0 Å². The number of fused-ring (bicyclic) bond motifs is 1. The minimum Gasteiger partial charge on any atom is -0.478 e. The van der Waals surface area contributed by atoms with E-state index in [9.17, 15) is 4.79 Å². The van der Waals surface area contributed by atoms with Gasteiger partial charge >= 0.3 is 5.97 Å². The van der Waals surface area contributed by atoms with Crippen molar-refractivity contribution in [2.75, 3.05) is 19.8 Å². The van der Waals surface area contributed by atoms with Gasteiger partial charge in [-0.05, 0) is 6.07 Å². The van der Waals surface area contributed by atoms with E-state index in [2.05, 4.69) is 15.0 Å². The van der Waals surface area contributed by atoms with Crippen molar-refractivity contribution in [1.29, 1.82) is 0 Å². The molecule has 3 rings (SSSR count). The van der Waals surface area contributed by atoms with E-state index in [1.807, 2.05) is 0 Å². The molecule has 3 heterocycles. The van der Waals surface area contributed by atoms with Gasteiger partial charge in [0.15, 0.2) is 5.65 Å². The number of H-pyrrole nitrogens is 1. The molecule has 2 aromatic heterocycles. The smallest absolute Gasteiger partial charge is 0.338 e. The Balaban J connectivity index is 2.04. The minimum atomic E-state index is -1.02. The van der Waals surface area contributed by atoms with Gasteiger partial charge in [0.05, 0.1) is 30.9 Å². The van der Waals surface area contributed by atoms with Crippen LogP contribution in [0, 0.1) is 0 Å². The molecule has 1 aliphatic heterocycles. The maximum absolute atomic E-state index is 11.1. The van der Waals surface area contributed by atoms with Crippen LogP contribution >= 0.6 is 0 Å². The lowest BCUT2D eigenvalue weighted by molar-refractivity contribution is -0.0931. The second-order valence-corrected chi connectivity index (χ2v) is 3.92. The number of imidazole rings is 1. The molecule has 1 fully saturated rings. The van der Waals surface area contributed by atoms with Crippen LogP contribution in [-0.4, -0.2) is 45.8 Å². The van der Waals surface area contributed by atoms with Crippen molar-refractivity contribution in [3.05, 3.63) is 23.7 Å². The van der Waals surface area contributed by atoms with E-state index in [-0.39, 0.29) is 11.7 Å². The molecule has 1 saturated heterocycles. The van der Waals surface area contributed by atoms with Gasteiger partial charge in [-0.25, -0.2) is 14.8 Å². The zero-order valence-corrected chi connectivity index (χ0v) is 9.42. The normalized spacial score (nSPS) is 20.1. The van der Waals surface area contributed by atoms with E-state index in [1.165, 1.54) is 12.3 Å². The molecule has 0 aromatic carbocycles. The highest BCUT2D eigenvalue weighted by Crippen LogP contribution is 2.22. The number of ether oxygens (including phenoxy) is 2. The first kappa shape index (κ1) is 11.1. The SMILES string of the molecule is O=C(O)c1ccnc2nc(C3COCCO3)[nH]c12. The molecular weight excluding hydrogens is 238 g/mol. The quantitative estimate of drug-likeness (QED) is 0.814. The van der Waals surface area contributed by atoms with Gasteiger partial charge in [-0.3, -0.25) is 0 Å². The Bertz CT molecular complexity index is 589. The number of carbonyl (C=O) groups is 1. The molecule has 1 atom stereocenters. The summed E-state index contributed by atoms with van der Waals surface area (Å²) in [6.45, 7) is 1.47. The topological polar surface area (TPSA) is 97.3 Å². The number of rotatable bonds is 2. The van der Waals surface area contributed by atoms with E-state index < -0.39 is 5.97 Å². The van der Waals surface area contributed by atoms with Gasteiger partial charge in [0.1, 0.15) is 11.9 Å². The van der Waals surface area contributed by atoms with E-state index in [0.717, 1.165) is 0 Å². The number of aromatic amines is 1. The summed E-state index contributed by atoms with van der Waals surface area (Å²) in [5, 5.41) is 9.07. The summed E-state index contributed by atoms with van der Waals surface area (Å²) in [6, 6.07) is 1.44. The molecule has 1 aliphatic rings. The summed E-state index contributed by atoms with van der Waals surface area (Å²) in [6.07, 6.45) is 1.13. The van der Waals surface area contributed by atoms with Crippen molar-refractivity contribution in [3.8, 4) is 0 Å². The molecule has 0 aliphatic carbocycles. The highest BCUT2D eigenvalue weighted by atomic mass is 16.6. The Hall–Kier alpha value is -1.99. The van der Waals surface area contributed by atoms with Crippen molar-refractivity contribution < 1.29 is 19.4 Å². The molecule has 0 amide bonds. The van der Waals surface area contributed by atoms with E-state index in [4.69, 9.17) is 14.6 Å². The standard InChI is InChI=1S/C11H11N3O4/c15-11(16)6-1-2-12-10-8(6)13-9(14-10)7-5-17-3-4-18-7/h1-2,7H,3-5H2,(H,15,16)(H,12,13,14). The number of pyridine rings is 1. The molecule has 1 unspecified atom stereocenters. The number of nitrogens with zero attached hydrogens (tertiary/aromatic N) is 2. The monoisotopic (exact) mass is 249 g/mol. The van der Waals surface area contributed by atoms with E-state index >= 15 is 0 Å². The molecule has 2 aromatic rings. The predicted molar refractivity (Wildman–Crippen MR) is 60.4 cm³/mol. The van der Waals surface area contributed by atoms with Crippen LogP contribution in [0.4, 0.5) is 0 Å². The van der Waals surface area contributed by atoms with Gasteiger partial charge in [0.25, 0.3) is 0 Å². The molecule has 0 radical (unpaired) electrons. The minimum absolute atomic E-state index is 0.149. The van der Waals surface area contributed by atoms with Crippen molar-refractivity contribution >= 4 is 17.1 Å². The summed E-state index contributed by atoms with van der Waals surface area (Å²) in [5.41, 5.74) is 0.934. The molecule has 18 heavy (non-hydrogen) atoms. The average Bonchev–Trinajstić information content (AvgIpc) is 2.83. The fraction of sp³-hybridized carbons (Fsp3) is 0.364. The first-order valence-electron chi connectivity index (χ1n) is 5.53. The zero-order chi connectivity index (χ0) is 12.5. The molecule has 7 heteroatoms. The Morgan fingerprint density at radius 3 is 3.11 bits per heavy atom. The Labute approximate surface area is 102 Å². The number of carboxylic acids is 1. The number of carboxylic acid groups (broad SMARTS) is 1. The first-order chi connectivity index (χ1) is 8.75. The van der Waals surface area contributed by atoms with Crippen LogP contribution < -0.4 is 0 Å². The lowest BCUT2D eigenvalue weighted by atomic mass is 10.2. The fourth-order valence-corrected chi connectivity index (χ4v) is 1.91. The van der Waals surface area contributed by atoms with Gasteiger partial charge in [0, 0.05) is 6.20 Å². The second kappa shape index (κ2) is 4.35. The van der Waals surface area contributed by atoms with Crippen LogP contribution in [0.3, 0.4) is 0 Å². The zero-order valence-electron chi connectivity index (χ0n) is 9.42. The summed E-state index contributed by atoms with van der Waals surface area (Å²) >= 11 is 0. The number of hydrogen-bond donors (Lipinski definition) is 2. The third-order valence-electron chi connectivity index (χ3n) is 2.76. The molecule has 0 bridgehead atoms. The average molecular weight is 249 g/mol. The second-order valence-electron chi connectivity index (χ2n) is 3.92. The maximum Gasteiger partial charge on any atom is 0.338 e. The summed E-state index contributed by atoms with van der Waals surface area (Å²) in [7, 11) is 0. The third-order valence-corrected chi connectivity index (χ3v) is 2.76. The lowest BCUT2D eigenvalue weighted by Gasteiger charge is -2.20. The Morgan fingerprint density at radius 1 is 1.50 bits per heavy atom. The van der Waals surface area contributed by atoms with Crippen molar-refractivity contribution in [3.63, 3.8) is 0 Å². The summed E-state index contributed by atoms with van der Waals surface area (Å²) < 4.78 is 10.8. The largest absolute Gasteiger partial charge is 0.478 e. The van der Waals surface area contributed by atoms with E-state index in [1.54, 1.807) is 0 Å². The van der Waals surface area contributed by atoms with Crippen LogP contribution in [0.15, 0.2) is 12.3 Å². The maximum atomic E-state index is 11.1.